The smallest absolute Gasteiger partial charge is 0.0366 e. The van der Waals surface area contributed by atoms with Gasteiger partial charge in [0.2, 0.25) is 0 Å². The fraction of sp³-hybridized carbons (Fsp3) is 0.444. The molecule has 0 fully saturated rings. The van der Waals surface area contributed by atoms with Crippen molar-refractivity contribution in [1.29, 1.82) is 0 Å². The highest BCUT2D eigenvalue weighted by atomic mass is 32.1. The Balaban J connectivity index is 1.91. The van der Waals surface area contributed by atoms with Crippen LogP contribution in [-0.2, 0) is 13.0 Å². The van der Waals surface area contributed by atoms with E-state index in [9.17, 15) is 0 Å². The SMILES string of the molecule is CCCNCc1ccc(N(C)C(C)Cc2cccs2)cc1. The molecule has 0 bridgehead atoms. The number of thiophene rings is 1. The number of likely N-dealkylation sites (N-methyl/N-ethyl adjacent to an activating group) is 1. The summed E-state index contributed by atoms with van der Waals surface area (Å²) in [5.74, 6) is 0. The van der Waals surface area contributed by atoms with E-state index in [-0.39, 0.29) is 0 Å². The first kappa shape index (κ1) is 16.1. The molecule has 1 aromatic carbocycles. The van der Waals surface area contributed by atoms with Gasteiger partial charge < -0.3 is 10.2 Å². The average molecular weight is 302 g/mol. The summed E-state index contributed by atoms with van der Waals surface area (Å²) in [4.78, 5) is 3.82. The van der Waals surface area contributed by atoms with Gasteiger partial charge in [-0.15, -0.1) is 11.3 Å². The lowest BCUT2D eigenvalue weighted by Crippen LogP contribution is -2.30. The van der Waals surface area contributed by atoms with Crippen LogP contribution < -0.4 is 10.2 Å². The van der Waals surface area contributed by atoms with Gasteiger partial charge in [0.1, 0.15) is 0 Å². The minimum atomic E-state index is 0.507. The van der Waals surface area contributed by atoms with Crippen LogP contribution in [-0.4, -0.2) is 19.6 Å². The van der Waals surface area contributed by atoms with Crippen LogP contribution in [0, 0.1) is 0 Å². The quantitative estimate of drug-likeness (QED) is 0.731. The molecule has 3 heteroatoms. The van der Waals surface area contributed by atoms with Gasteiger partial charge in [0.25, 0.3) is 0 Å². The highest BCUT2D eigenvalue weighted by Gasteiger charge is 2.11. The molecule has 2 aromatic rings. The highest BCUT2D eigenvalue weighted by Crippen LogP contribution is 2.20. The van der Waals surface area contributed by atoms with Crippen LogP contribution in [0.5, 0.6) is 0 Å². The van der Waals surface area contributed by atoms with Crippen molar-refractivity contribution in [3.05, 3.63) is 52.2 Å². The van der Waals surface area contributed by atoms with E-state index in [2.05, 4.69) is 72.9 Å². The summed E-state index contributed by atoms with van der Waals surface area (Å²) in [5.41, 5.74) is 2.64. The lowest BCUT2D eigenvalue weighted by Gasteiger charge is -2.27. The molecule has 0 saturated heterocycles. The Labute approximate surface area is 132 Å². The number of nitrogens with zero attached hydrogens (tertiary/aromatic N) is 1. The monoisotopic (exact) mass is 302 g/mol. The predicted octanol–water partition coefficient (Wildman–Crippen LogP) is 4.32. The highest BCUT2D eigenvalue weighted by molar-refractivity contribution is 7.09. The van der Waals surface area contributed by atoms with Gasteiger partial charge in [-0.2, -0.15) is 0 Å². The molecule has 0 spiro atoms. The van der Waals surface area contributed by atoms with Gasteiger partial charge in [-0.1, -0.05) is 25.1 Å². The first-order valence-electron chi connectivity index (χ1n) is 7.75. The first-order valence-corrected chi connectivity index (χ1v) is 8.63. The van der Waals surface area contributed by atoms with Crippen molar-refractivity contribution < 1.29 is 0 Å². The third kappa shape index (κ3) is 4.87. The molecule has 1 atom stereocenters. The van der Waals surface area contributed by atoms with Crippen molar-refractivity contribution in [3.8, 4) is 0 Å². The van der Waals surface area contributed by atoms with E-state index in [0.29, 0.717) is 6.04 Å². The summed E-state index contributed by atoms with van der Waals surface area (Å²) < 4.78 is 0. The fourth-order valence-corrected chi connectivity index (χ4v) is 3.20. The van der Waals surface area contributed by atoms with Gasteiger partial charge in [0, 0.05) is 36.6 Å². The second-order valence-corrected chi connectivity index (χ2v) is 6.62. The molecule has 0 amide bonds. The topological polar surface area (TPSA) is 15.3 Å². The maximum atomic E-state index is 3.44. The molecule has 0 radical (unpaired) electrons. The van der Waals surface area contributed by atoms with E-state index in [1.807, 2.05) is 11.3 Å². The third-order valence-corrected chi connectivity index (χ3v) is 4.74. The molecule has 1 aromatic heterocycles. The van der Waals surface area contributed by atoms with Crippen LogP contribution in [0.25, 0.3) is 0 Å². The van der Waals surface area contributed by atoms with E-state index in [4.69, 9.17) is 0 Å². The summed E-state index contributed by atoms with van der Waals surface area (Å²) in [5, 5.41) is 5.59. The second-order valence-electron chi connectivity index (χ2n) is 5.59. The molecule has 2 nitrogen and oxygen atoms in total. The molecule has 2 rings (SSSR count). The molecule has 0 aliphatic rings. The summed E-state index contributed by atoms with van der Waals surface area (Å²) in [6.07, 6.45) is 2.29. The maximum absolute atomic E-state index is 3.44. The van der Waals surface area contributed by atoms with Crippen LogP contribution in [0.3, 0.4) is 0 Å². The minimum Gasteiger partial charge on any atom is -0.372 e. The van der Waals surface area contributed by atoms with Gasteiger partial charge in [0.15, 0.2) is 0 Å². The van der Waals surface area contributed by atoms with Gasteiger partial charge in [-0.05, 0) is 49.0 Å². The van der Waals surface area contributed by atoms with Crippen LogP contribution in [0.4, 0.5) is 5.69 Å². The molecular formula is C18H26N2S. The van der Waals surface area contributed by atoms with Crippen LogP contribution in [0.1, 0.15) is 30.7 Å². The summed E-state index contributed by atoms with van der Waals surface area (Å²) in [6.45, 7) is 6.53. The van der Waals surface area contributed by atoms with E-state index in [0.717, 1.165) is 19.5 Å². The zero-order chi connectivity index (χ0) is 15.1. The van der Waals surface area contributed by atoms with Crippen molar-refractivity contribution in [2.24, 2.45) is 0 Å². The summed E-state index contributed by atoms with van der Waals surface area (Å²) >= 11 is 1.84. The lowest BCUT2D eigenvalue weighted by molar-refractivity contribution is 0.673. The van der Waals surface area contributed by atoms with Crippen LogP contribution >= 0.6 is 11.3 Å². The zero-order valence-electron chi connectivity index (χ0n) is 13.3. The number of hydrogen-bond acceptors (Lipinski definition) is 3. The van der Waals surface area contributed by atoms with Crippen LogP contribution in [0.15, 0.2) is 41.8 Å². The molecule has 0 saturated carbocycles. The average Bonchev–Trinajstić information content (AvgIpc) is 3.00. The molecule has 0 aliphatic heterocycles. The van der Waals surface area contributed by atoms with Crippen LogP contribution in [0.2, 0.25) is 0 Å². The summed E-state index contributed by atoms with van der Waals surface area (Å²) in [6, 6.07) is 13.8. The predicted molar refractivity (Wildman–Crippen MR) is 94.3 cm³/mol. The normalized spacial score (nSPS) is 12.3. The molecule has 1 unspecified atom stereocenters. The van der Waals surface area contributed by atoms with E-state index in [1.54, 1.807) is 0 Å². The largest absolute Gasteiger partial charge is 0.372 e. The Morgan fingerprint density at radius 2 is 1.95 bits per heavy atom. The Kier molecular flexibility index (Phi) is 6.27. The Morgan fingerprint density at radius 1 is 1.19 bits per heavy atom. The van der Waals surface area contributed by atoms with E-state index < -0.39 is 0 Å². The molecule has 21 heavy (non-hydrogen) atoms. The lowest BCUT2D eigenvalue weighted by atomic mass is 10.1. The van der Waals surface area contributed by atoms with Gasteiger partial charge in [0.05, 0.1) is 0 Å². The minimum absolute atomic E-state index is 0.507. The Bertz CT molecular complexity index is 505. The molecular weight excluding hydrogens is 276 g/mol. The van der Waals surface area contributed by atoms with Gasteiger partial charge >= 0.3 is 0 Å². The molecule has 1 heterocycles. The maximum Gasteiger partial charge on any atom is 0.0366 e. The third-order valence-electron chi connectivity index (χ3n) is 3.84. The number of anilines is 1. The van der Waals surface area contributed by atoms with Crippen molar-refractivity contribution in [1.82, 2.24) is 5.32 Å². The van der Waals surface area contributed by atoms with Crippen molar-refractivity contribution in [3.63, 3.8) is 0 Å². The van der Waals surface area contributed by atoms with Crippen molar-refractivity contribution in [2.45, 2.75) is 39.3 Å². The standard InChI is InChI=1S/C18H26N2S/c1-4-11-19-14-16-7-9-17(10-8-16)20(3)15(2)13-18-6-5-12-21-18/h5-10,12,15,19H,4,11,13-14H2,1-3H3. The molecule has 114 valence electrons. The molecule has 1 N–H and O–H groups in total. The number of rotatable bonds is 8. The van der Waals surface area contributed by atoms with Gasteiger partial charge in [-0.3, -0.25) is 0 Å². The van der Waals surface area contributed by atoms with Gasteiger partial charge in [-0.25, -0.2) is 0 Å². The zero-order valence-corrected chi connectivity index (χ0v) is 14.1. The Hall–Kier alpha value is -1.32. The fourth-order valence-electron chi connectivity index (χ4n) is 2.37. The van der Waals surface area contributed by atoms with E-state index in [1.165, 1.54) is 22.5 Å². The Morgan fingerprint density at radius 3 is 2.57 bits per heavy atom. The number of nitrogens with one attached hydrogen (secondary N) is 1. The number of hydrogen-bond donors (Lipinski definition) is 1. The van der Waals surface area contributed by atoms with Crippen molar-refractivity contribution >= 4 is 17.0 Å². The summed E-state index contributed by atoms with van der Waals surface area (Å²) in [7, 11) is 2.18. The van der Waals surface area contributed by atoms with Crippen molar-refractivity contribution in [2.75, 3.05) is 18.5 Å². The first-order chi connectivity index (χ1) is 10.2. The second kappa shape index (κ2) is 8.20. The van der Waals surface area contributed by atoms with E-state index >= 15 is 0 Å². The molecule has 0 aliphatic carbocycles. The number of benzene rings is 1.